The molecule has 30 heavy (non-hydrogen) atoms. The molecule has 1 heterocycles. The van der Waals surface area contributed by atoms with Crippen LogP contribution in [-0.4, -0.2) is 11.7 Å². The summed E-state index contributed by atoms with van der Waals surface area (Å²) in [5.41, 5.74) is 3.52. The summed E-state index contributed by atoms with van der Waals surface area (Å²) in [4.78, 5) is 0. The lowest BCUT2D eigenvalue weighted by Gasteiger charge is -2.30. The predicted molar refractivity (Wildman–Crippen MR) is 118 cm³/mol. The molecule has 3 aromatic rings. The minimum atomic E-state index is -0.276. The number of aromatic hydroxyl groups is 1. The van der Waals surface area contributed by atoms with E-state index in [9.17, 15) is 9.50 Å². The average Bonchev–Trinajstić information content (AvgIpc) is 2.76. The number of benzene rings is 3. The molecule has 1 aliphatic heterocycles. The summed E-state index contributed by atoms with van der Waals surface area (Å²) in [5.74, 6) is 0.760. The zero-order valence-electron chi connectivity index (χ0n) is 16.5. The Labute approximate surface area is 183 Å². The van der Waals surface area contributed by atoms with Crippen LogP contribution in [0.25, 0.3) is 5.70 Å². The molecular formula is C24H23BrFN2O2+. The van der Waals surface area contributed by atoms with Crippen LogP contribution in [0.3, 0.4) is 0 Å². The molecular weight excluding hydrogens is 447 g/mol. The Bertz CT molecular complexity index is 1070. The van der Waals surface area contributed by atoms with Crippen LogP contribution in [0.15, 0.2) is 77.3 Å². The third-order valence-electron chi connectivity index (χ3n) is 5.09. The summed E-state index contributed by atoms with van der Waals surface area (Å²) in [5, 5.41) is 16.1. The maximum Gasteiger partial charge on any atom is 0.186 e. The molecule has 0 amide bonds. The molecule has 3 aromatic carbocycles. The van der Waals surface area contributed by atoms with Crippen molar-refractivity contribution in [1.29, 1.82) is 0 Å². The van der Waals surface area contributed by atoms with Crippen molar-refractivity contribution >= 4 is 21.6 Å². The highest BCUT2D eigenvalue weighted by Gasteiger charge is 2.29. The van der Waals surface area contributed by atoms with Crippen molar-refractivity contribution in [2.45, 2.75) is 19.1 Å². The van der Waals surface area contributed by atoms with Crippen LogP contribution in [0.2, 0.25) is 0 Å². The summed E-state index contributed by atoms with van der Waals surface area (Å²) in [6.45, 7) is 2.56. The molecule has 0 saturated carbocycles. The molecule has 2 unspecified atom stereocenters. The Morgan fingerprint density at radius 3 is 2.63 bits per heavy atom. The van der Waals surface area contributed by atoms with Crippen molar-refractivity contribution in [3.63, 3.8) is 0 Å². The monoisotopic (exact) mass is 469 g/mol. The van der Waals surface area contributed by atoms with Crippen LogP contribution >= 0.6 is 15.9 Å². The van der Waals surface area contributed by atoms with Crippen LogP contribution in [0.4, 0.5) is 4.39 Å². The van der Waals surface area contributed by atoms with Crippen LogP contribution in [0.5, 0.6) is 11.5 Å². The first-order valence-electron chi connectivity index (χ1n) is 9.84. The Kier molecular flexibility index (Phi) is 6.06. The van der Waals surface area contributed by atoms with Gasteiger partial charge in [-0.15, -0.1) is 0 Å². The van der Waals surface area contributed by atoms with Crippen LogP contribution in [0.1, 0.15) is 35.8 Å². The van der Waals surface area contributed by atoms with Gasteiger partial charge < -0.3 is 20.5 Å². The maximum atomic E-state index is 13.9. The van der Waals surface area contributed by atoms with Gasteiger partial charge in [0.1, 0.15) is 23.4 Å². The fourth-order valence-corrected chi connectivity index (χ4v) is 4.04. The van der Waals surface area contributed by atoms with E-state index in [1.165, 1.54) is 12.1 Å². The summed E-state index contributed by atoms with van der Waals surface area (Å²) in [6, 6.07) is 19.7. The molecule has 4 N–H and O–H groups in total. The highest BCUT2D eigenvalue weighted by molar-refractivity contribution is 9.10. The summed E-state index contributed by atoms with van der Waals surface area (Å²) in [6.07, 6.45) is 1.86. The molecule has 2 atom stereocenters. The molecule has 4 rings (SSSR count). The van der Waals surface area contributed by atoms with E-state index in [1.807, 2.05) is 43.3 Å². The van der Waals surface area contributed by atoms with E-state index < -0.39 is 0 Å². The van der Waals surface area contributed by atoms with E-state index in [-0.39, 0.29) is 23.8 Å². The molecule has 0 radical (unpaired) electrons. The number of hydrogen-bond donors (Lipinski definition) is 3. The minimum absolute atomic E-state index is 0.154. The topological polar surface area (TPSA) is 58.1 Å². The minimum Gasteiger partial charge on any atom is -0.507 e. The van der Waals surface area contributed by atoms with Crippen molar-refractivity contribution in [3.05, 3.63) is 99.8 Å². The average molecular weight is 470 g/mol. The van der Waals surface area contributed by atoms with Gasteiger partial charge in [0.05, 0.1) is 12.2 Å². The molecule has 4 nitrogen and oxygen atoms in total. The van der Waals surface area contributed by atoms with E-state index >= 15 is 0 Å². The van der Waals surface area contributed by atoms with Crippen LogP contribution in [0, 0.1) is 5.82 Å². The normalized spacial score (nSPS) is 18.4. The maximum absolute atomic E-state index is 13.9. The first kappa shape index (κ1) is 20.4. The fourth-order valence-electron chi connectivity index (χ4n) is 3.66. The Morgan fingerprint density at radius 2 is 1.90 bits per heavy atom. The summed E-state index contributed by atoms with van der Waals surface area (Å²) in [7, 11) is 0. The number of hydrogen-bond acceptors (Lipinski definition) is 3. The molecule has 0 spiro atoms. The van der Waals surface area contributed by atoms with Crippen LogP contribution < -0.4 is 15.4 Å². The number of quaternary nitrogens is 1. The highest BCUT2D eigenvalue weighted by Crippen LogP contribution is 2.31. The third kappa shape index (κ3) is 4.50. The smallest absolute Gasteiger partial charge is 0.186 e. The summed E-state index contributed by atoms with van der Waals surface area (Å²) < 4.78 is 20.3. The van der Waals surface area contributed by atoms with Gasteiger partial charge in [0.2, 0.25) is 0 Å². The number of halogens is 2. The van der Waals surface area contributed by atoms with Gasteiger partial charge in [-0.3, -0.25) is 0 Å². The van der Waals surface area contributed by atoms with E-state index in [0.29, 0.717) is 6.61 Å². The van der Waals surface area contributed by atoms with Crippen molar-refractivity contribution < 1.29 is 19.6 Å². The lowest BCUT2D eigenvalue weighted by Crippen LogP contribution is -2.89. The second kappa shape index (κ2) is 8.90. The predicted octanol–water partition coefficient (Wildman–Crippen LogP) is 4.64. The Morgan fingerprint density at radius 1 is 1.10 bits per heavy atom. The van der Waals surface area contributed by atoms with Crippen LogP contribution in [-0.2, 0) is 0 Å². The number of phenols is 1. The van der Waals surface area contributed by atoms with Gasteiger partial charge in [-0.25, -0.2) is 4.39 Å². The van der Waals surface area contributed by atoms with E-state index in [4.69, 9.17) is 4.74 Å². The number of ether oxygens (including phenoxy) is 1. The molecule has 154 valence electrons. The van der Waals surface area contributed by atoms with Gasteiger partial charge >= 0.3 is 0 Å². The first-order valence-corrected chi connectivity index (χ1v) is 10.6. The number of rotatable bonds is 5. The first-order chi connectivity index (χ1) is 14.5. The number of nitrogens with two attached hydrogens (primary N) is 1. The van der Waals surface area contributed by atoms with E-state index in [2.05, 4.69) is 32.6 Å². The van der Waals surface area contributed by atoms with E-state index in [1.54, 1.807) is 18.2 Å². The fraction of sp³-hybridized carbons (Fsp3) is 0.167. The van der Waals surface area contributed by atoms with Gasteiger partial charge in [-0.2, -0.15) is 0 Å². The number of phenolic OH excluding ortho intramolecular Hbond substituents is 1. The SMILES string of the molecule is CCOc1ccc(C2=CC(c3cc(Br)ccc3O)[NH2+]C(c3cccc(F)c3)N2)cc1. The Hall–Kier alpha value is -2.83. The molecule has 0 aromatic heterocycles. The molecule has 0 aliphatic carbocycles. The zero-order valence-corrected chi connectivity index (χ0v) is 18.1. The standard InChI is InChI=1S/C24H22BrFN2O2/c1-2-30-19-9-6-15(7-10-19)21-14-22(20-13-17(25)8-11-23(20)29)28-24(27-21)16-4-3-5-18(26)12-16/h3-14,22,24,27-29H,2H2,1H3/p+1. The second-order valence-corrected chi connectivity index (χ2v) is 8.05. The lowest BCUT2D eigenvalue weighted by molar-refractivity contribution is -0.731. The largest absolute Gasteiger partial charge is 0.507 e. The van der Waals surface area contributed by atoms with Crippen molar-refractivity contribution in [1.82, 2.24) is 5.32 Å². The van der Waals surface area contributed by atoms with E-state index in [0.717, 1.165) is 32.6 Å². The van der Waals surface area contributed by atoms with Crippen molar-refractivity contribution in [2.75, 3.05) is 6.61 Å². The quantitative estimate of drug-likeness (QED) is 0.510. The lowest BCUT2D eigenvalue weighted by atomic mass is 9.98. The van der Waals surface area contributed by atoms with Gasteiger partial charge in [0.25, 0.3) is 0 Å². The summed E-state index contributed by atoms with van der Waals surface area (Å²) >= 11 is 3.49. The Balaban J connectivity index is 1.74. The van der Waals surface area contributed by atoms with Crippen molar-refractivity contribution in [2.24, 2.45) is 0 Å². The molecule has 6 heteroatoms. The molecule has 1 aliphatic rings. The number of nitrogens with one attached hydrogen (secondary N) is 1. The highest BCUT2D eigenvalue weighted by atomic mass is 79.9. The second-order valence-electron chi connectivity index (χ2n) is 7.14. The van der Waals surface area contributed by atoms with Gasteiger partial charge in [-0.1, -0.05) is 28.1 Å². The van der Waals surface area contributed by atoms with Gasteiger partial charge in [0, 0.05) is 21.8 Å². The molecule has 0 bridgehead atoms. The van der Waals surface area contributed by atoms with Gasteiger partial charge in [-0.05, 0) is 67.1 Å². The van der Waals surface area contributed by atoms with Gasteiger partial charge in [0.15, 0.2) is 6.17 Å². The third-order valence-corrected chi connectivity index (χ3v) is 5.58. The molecule has 0 saturated heterocycles. The zero-order chi connectivity index (χ0) is 21.1. The molecule has 0 fully saturated rings. The van der Waals surface area contributed by atoms with Crippen molar-refractivity contribution in [3.8, 4) is 11.5 Å².